The van der Waals surface area contributed by atoms with Crippen molar-refractivity contribution >= 4 is 11.7 Å². The van der Waals surface area contributed by atoms with Gasteiger partial charge >= 0.3 is 11.7 Å². The van der Waals surface area contributed by atoms with Crippen LogP contribution in [0.3, 0.4) is 0 Å². The quantitative estimate of drug-likeness (QED) is 0.664. The van der Waals surface area contributed by atoms with Crippen molar-refractivity contribution in [2.75, 3.05) is 7.11 Å². The zero-order chi connectivity index (χ0) is 15.4. The number of nitrogens with zero attached hydrogens (tertiary/aromatic N) is 2. The zero-order valence-electron chi connectivity index (χ0n) is 10.8. The lowest BCUT2D eigenvalue weighted by atomic mass is 10.2. The predicted molar refractivity (Wildman–Crippen MR) is 70.9 cm³/mol. The summed E-state index contributed by atoms with van der Waals surface area (Å²) in [5.41, 5.74) is -0.508. The minimum absolute atomic E-state index is 0.0247. The summed E-state index contributed by atoms with van der Waals surface area (Å²) in [5, 5.41) is 19.9. The number of pyridine rings is 1. The van der Waals surface area contributed by atoms with E-state index in [4.69, 9.17) is 14.6 Å². The van der Waals surface area contributed by atoms with E-state index in [0.29, 0.717) is 5.75 Å². The molecule has 0 aliphatic carbocycles. The second-order valence-corrected chi connectivity index (χ2v) is 3.87. The van der Waals surface area contributed by atoms with Gasteiger partial charge in [0.05, 0.1) is 18.1 Å². The third-order valence-corrected chi connectivity index (χ3v) is 2.54. The first kappa shape index (κ1) is 14.3. The number of carbonyl (C=O) groups is 1. The summed E-state index contributed by atoms with van der Waals surface area (Å²) in [6, 6.07) is 6.67. The molecule has 0 amide bonds. The lowest BCUT2D eigenvalue weighted by Gasteiger charge is -2.07. The summed E-state index contributed by atoms with van der Waals surface area (Å²) < 4.78 is 10.3. The van der Waals surface area contributed by atoms with Crippen LogP contribution in [0.5, 0.6) is 17.2 Å². The minimum atomic E-state index is -1.22. The van der Waals surface area contributed by atoms with Crippen LogP contribution in [0.25, 0.3) is 0 Å². The highest BCUT2D eigenvalue weighted by molar-refractivity contribution is 5.85. The van der Waals surface area contributed by atoms with Gasteiger partial charge in [0.2, 0.25) is 5.75 Å². The van der Waals surface area contributed by atoms with Gasteiger partial charge in [-0.05, 0) is 18.2 Å². The van der Waals surface area contributed by atoms with Crippen molar-refractivity contribution in [1.29, 1.82) is 0 Å². The molecule has 0 bridgehead atoms. The average Bonchev–Trinajstić information content (AvgIpc) is 2.47. The molecule has 0 saturated heterocycles. The topological polar surface area (TPSA) is 112 Å². The maximum atomic E-state index is 11.0. The second kappa shape index (κ2) is 5.87. The molecule has 0 unspecified atom stereocenters. The molecule has 0 aliphatic rings. The van der Waals surface area contributed by atoms with Crippen LogP contribution in [0.2, 0.25) is 0 Å². The highest BCUT2D eigenvalue weighted by atomic mass is 16.6. The molecule has 0 aliphatic heterocycles. The second-order valence-electron chi connectivity index (χ2n) is 3.87. The van der Waals surface area contributed by atoms with E-state index in [0.717, 1.165) is 0 Å². The number of methoxy groups -OCH3 is 1. The molecule has 0 atom stereocenters. The van der Waals surface area contributed by atoms with Crippen LogP contribution in [-0.4, -0.2) is 28.1 Å². The van der Waals surface area contributed by atoms with Gasteiger partial charge in [-0.25, -0.2) is 9.78 Å². The van der Waals surface area contributed by atoms with Crippen LogP contribution in [0, 0.1) is 10.1 Å². The first-order valence-corrected chi connectivity index (χ1v) is 5.71. The number of nitro benzene ring substituents is 1. The van der Waals surface area contributed by atoms with Crippen molar-refractivity contribution in [3.63, 3.8) is 0 Å². The number of ether oxygens (including phenoxy) is 2. The Kier molecular flexibility index (Phi) is 3.98. The fourth-order valence-electron chi connectivity index (χ4n) is 1.57. The molecule has 8 heteroatoms. The first-order chi connectivity index (χ1) is 10.0. The Morgan fingerprint density at radius 1 is 1.29 bits per heavy atom. The SMILES string of the molecule is COc1ccc(Oc2ccnc(C(=O)O)c2)c([N+](=O)[O-])c1. The Morgan fingerprint density at radius 3 is 2.67 bits per heavy atom. The van der Waals surface area contributed by atoms with Crippen molar-refractivity contribution in [2.24, 2.45) is 0 Å². The molecule has 1 N–H and O–H groups in total. The summed E-state index contributed by atoms with van der Waals surface area (Å²) in [7, 11) is 1.39. The van der Waals surface area contributed by atoms with Gasteiger partial charge in [-0.15, -0.1) is 0 Å². The minimum Gasteiger partial charge on any atom is -0.496 e. The highest BCUT2D eigenvalue weighted by Crippen LogP contribution is 2.34. The van der Waals surface area contributed by atoms with E-state index in [-0.39, 0.29) is 22.9 Å². The molecule has 0 fully saturated rings. The zero-order valence-corrected chi connectivity index (χ0v) is 10.8. The molecule has 0 radical (unpaired) electrons. The van der Waals surface area contributed by atoms with E-state index in [2.05, 4.69) is 4.98 Å². The van der Waals surface area contributed by atoms with E-state index in [9.17, 15) is 14.9 Å². The molecule has 1 aromatic carbocycles. The number of nitro groups is 1. The Hall–Kier alpha value is -3.16. The number of carboxylic acid groups (broad SMARTS) is 1. The van der Waals surface area contributed by atoms with E-state index in [1.165, 1.54) is 43.6 Å². The van der Waals surface area contributed by atoms with Gasteiger partial charge in [0.25, 0.3) is 0 Å². The van der Waals surface area contributed by atoms with Gasteiger partial charge in [-0.3, -0.25) is 10.1 Å². The van der Waals surface area contributed by atoms with Crippen LogP contribution in [0.15, 0.2) is 36.5 Å². The number of hydrogen-bond donors (Lipinski definition) is 1. The molecule has 8 nitrogen and oxygen atoms in total. The van der Waals surface area contributed by atoms with E-state index < -0.39 is 10.9 Å². The summed E-state index contributed by atoms with van der Waals surface area (Å²) in [4.78, 5) is 24.9. The molecule has 1 aromatic heterocycles. The lowest BCUT2D eigenvalue weighted by Crippen LogP contribution is -2.00. The van der Waals surface area contributed by atoms with E-state index in [1.807, 2.05) is 0 Å². The number of benzene rings is 1. The van der Waals surface area contributed by atoms with Crippen LogP contribution in [0.4, 0.5) is 5.69 Å². The summed E-state index contributed by atoms with van der Waals surface area (Å²) in [5.74, 6) is -0.793. The number of carboxylic acids is 1. The van der Waals surface area contributed by atoms with E-state index in [1.54, 1.807) is 0 Å². The Morgan fingerprint density at radius 2 is 2.05 bits per heavy atom. The smallest absolute Gasteiger partial charge is 0.354 e. The monoisotopic (exact) mass is 290 g/mol. The molecule has 2 aromatic rings. The Balaban J connectivity index is 2.37. The van der Waals surface area contributed by atoms with Gasteiger partial charge in [0.15, 0.2) is 5.69 Å². The van der Waals surface area contributed by atoms with Gasteiger partial charge in [-0.1, -0.05) is 0 Å². The van der Waals surface area contributed by atoms with Crippen LogP contribution < -0.4 is 9.47 Å². The molecule has 108 valence electrons. The molecule has 1 heterocycles. The fraction of sp³-hybridized carbons (Fsp3) is 0.0769. The summed E-state index contributed by atoms with van der Waals surface area (Å²) in [6.45, 7) is 0. The molecule has 0 saturated carbocycles. The molecule has 0 spiro atoms. The number of rotatable bonds is 5. The maximum Gasteiger partial charge on any atom is 0.354 e. The molecular formula is C13H10N2O6. The van der Waals surface area contributed by atoms with Crippen molar-refractivity contribution in [3.05, 3.63) is 52.3 Å². The van der Waals surface area contributed by atoms with Gasteiger partial charge in [0, 0.05) is 12.3 Å². The predicted octanol–water partition coefficient (Wildman–Crippen LogP) is 2.49. The highest BCUT2D eigenvalue weighted by Gasteiger charge is 2.18. The average molecular weight is 290 g/mol. The number of aromatic carboxylic acids is 1. The third-order valence-electron chi connectivity index (χ3n) is 2.54. The third kappa shape index (κ3) is 3.24. The van der Waals surface area contributed by atoms with Crippen molar-refractivity contribution in [3.8, 4) is 17.2 Å². The maximum absolute atomic E-state index is 11.0. The summed E-state index contributed by atoms with van der Waals surface area (Å²) >= 11 is 0. The fourth-order valence-corrected chi connectivity index (χ4v) is 1.57. The number of hydrogen-bond acceptors (Lipinski definition) is 6. The van der Waals surface area contributed by atoms with Crippen molar-refractivity contribution in [2.45, 2.75) is 0 Å². The van der Waals surface area contributed by atoms with Crippen molar-refractivity contribution < 1.29 is 24.3 Å². The number of aromatic nitrogens is 1. The van der Waals surface area contributed by atoms with Crippen LogP contribution >= 0.6 is 0 Å². The normalized spacial score (nSPS) is 9.95. The van der Waals surface area contributed by atoms with Crippen LogP contribution in [0.1, 0.15) is 10.5 Å². The molecule has 21 heavy (non-hydrogen) atoms. The Labute approximate surface area is 118 Å². The lowest BCUT2D eigenvalue weighted by molar-refractivity contribution is -0.385. The van der Waals surface area contributed by atoms with Gasteiger partial charge in [0.1, 0.15) is 11.5 Å². The first-order valence-electron chi connectivity index (χ1n) is 5.71. The van der Waals surface area contributed by atoms with Gasteiger partial charge in [-0.2, -0.15) is 0 Å². The Bertz CT molecular complexity index is 701. The van der Waals surface area contributed by atoms with Gasteiger partial charge < -0.3 is 14.6 Å². The van der Waals surface area contributed by atoms with Crippen LogP contribution in [-0.2, 0) is 0 Å². The largest absolute Gasteiger partial charge is 0.496 e. The standard InChI is InChI=1S/C13H10N2O6/c1-20-8-2-3-12(11(7-8)15(18)19)21-9-4-5-14-10(6-9)13(16)17/h2-7H,1H3,(H,16,17). The summed E-state index contributed by atoms with van der Waals surface area (Å²) in [6.07, 6.45) is 1.24. The van der Waals surface area contributed by atoms with E-state index >= 15 is 0 Å². The molecule has 2 rings (SSSR count). The molecular weight excluding hydrogens is 280 g/mol. The van der Waals surface area contributed by atoms with Crippen molar-refractivity contribution in [1.82, 2.24) is 4.98 Å².